The molecule has 5 heterocycles. The average molecular weight is 597 g/mol. The molecule has 0 atom stereocenters. The van der Waals surface area contributed by atoms with E-state index in [4.69, 9.17) is 0 Å². The maximum absolute atomic E-state index is 12.9. The van der Waals surface area contributed by atoms with Crippen molar-refractivity contribution >= 4 is 38.3 Å². The minimum absolute atomic E-state index is 0.191. The number of aromatic nitrogens is 3. The van der Waals surface area contributed by atoms with Gasteiger partial charge in [0.05, 0.1) is 11.8 Å². The highest BCUT2D eigenvalue weighted by molar-refractivity contribution is 7.18. The van der Waals surface area contributed by atoms with Crippen molar-refractivity contribution in [2.24, 2.45) is 0 Å². The second-order valence-corrected chi connectivity index (χ2v) is 12.4. The minimum Gasteiger partial charge on any atom is -0.367 e. The lowest BCUT2D eigenvalue weighted by Crippen LogP contribution is -2.44. The van der Waals surface area contributed by atoms with E-state index in [9.17, 15) is 18.4 Å². The lowest BCUT2D eigenvalue weighted by Gasteiger charge is -2.33. The first-order valence-corrected chi connectivity index (χ1v) is 15.3. The maximum atomic E-state index is 12.9. The summed E-state index contributed by atoms with van der Waals surface area (Å²) in [4.78, 5) is 14.3. The Bertz CT molecular complexity index is 1590. The third kappa shape index (κ3) is 6.39. The van der Waals surface area contributed by atoms with Gasteiger partial charge in [-0.05, 0) is 49.1 Å². The molecule has 0 saturated carbocycles. The van der Waals surface area contributed by atoms with Crippen LogP contribution in [0.15, 0.2) is 30.6 Å². The highest BCUT2D eigenvalue weighted by Gasteiger charge is 2.29. The van der Waals surface area contributed by atoms with Gasteiger partial charge in [0.25, 0.3) is 0 Å². The topological polar surface area (TPSA) is 85.0 Å². The Hall–Kier alpha value is -3.24. The Kier molecular flexibility index (Phi) is 8.36. The van der Waals surface area contributed by atoms with Crippen LogP contribution in [0.4, 0.5) is 19.0 Å². The van der Waals surface area contributed by atoms with Gasteiger partial charge in [-0.25, -0.2) is 9.97 Å². The summed E-state index contributed by atoms with van der Waals surface area (Å²) in [7, 11) is 0. The molecule has 2 saturated heterocycles. The summed E-state index contributed by atoms with van der Waals surface area (Å²) in [6.45, 7) is 10.6. The number of hydrogen-bond acceptors (Lipinski definition) is 8. The zero-order chi connectivity index (χ0) is 29.3. The van der Waals surface area contributed by atoms with E-state index in [1.54, 1.807) is 6.07 Å². The quantitative estimate of drug-likeness (QED) is 0.299. The first-order chi connectivity index (χ1) is 20.3. The summed E-state index contributed by atoms with van der Waals surface area (Å²) in [5.41, 5.74) is 4.32. The second-order valence-electron chi connectivity index (χ2n) is 11.3. The molecule has 2 fully saturated rings. The van der Waals surface area contributed by atoms with Crippen LogP contribution in [0.25, 0.3) is 21.1 Å². The zero-order valence-electron chi connectivity index (χ0n) is 23.7. The van der Waals surface area contributed by atoms with Crippen LogP contribution in [0.1, 0.15) is 34.5 Å². The Labute approximate surface area is 247 Å². The number of halogens is 3. The third-order valence-corrected chi connectivity index (χ3v) is 9.55. The third-order valence-electron chi connectivity index (χ3n) is 8.51. The van der Waals surface area contributed by atoms with Crippen LogP contribution < -0.4 is 10.6 Å². The molecule has 222 valence electrons. The predicted octanol–water partition coefficient (Wildman–Crippen LogP) is 4.91. The Morgan fingerprint density at radius 2 is 1.83 bits per heavy atom. The molecular formula is C30H35F3N8S. The molecule has 8 nitrogen and oxygen atoms in total. The van der Waals surface area contributed by atoms with Gasteiger partial charge in [0, 0.05) is 80.7 Å². The summed E-state index contributed by atoms with van der Waals surface area (Å²) in [5, 5.41) is 18.5. The molecule has 2 aliphatic heterocycles. The van der Waals surface area contributed by atoms with Crippen molar-refractivity contribution in [1.29, 1.82) is 5.26 Å². The number of alkyl halides is 3. The molecule has 4 aromatic rings. The van der Waals surface area contributed by atoms with Crippen molar-refractivity contribution in [3.8, 4) is 6.07 Å². The van der Waals surface area contributed by atoms with E-state index in [-0.39, 0.29) is 10.9 Å². The molecule has 6 rings (SSSR count). The fraction of sp³-hybridized carbons (Fsp3) is 0.500. The molecule has 0 spiro atoms. The SMILES string of the molecule is Cc1c(CN2CCC(Nc3ncnc4sc(CC(F)(F)F)cc34)CC2)ccc2c1cc(C#N)n2CCN1CCNCC1. The van der Waals surface area contributed by atoms with Crippen LogP contribution in [0.5, 0.6) is 0 Å². The van der Waals surface area contributed by atoms with Gasteiger partial charge in [0.1, 0.15) is 28.7 Å². The van der Waals surface area contributed by atoms with Crippen molar-refractivity contribution in [1.82, 2.24) is 29.7 Å². The number of piperidine rings is 1. The molecule has 0 radical (unpaired) electrons. The van der Waals surface area contributed by atoms with Crippen molar-refractivity contribution in [2.45, 2.75) is 51.5 Å². The second kappa shape index (κ2) is 12.2. The number of piperazine rings is 1. The Morgan fingerprint density at radius 1 is 1.05 bits per heavy atom. The molecule has 42 heavy (non-hydrogen) atoms. The summed E-state index contributed by atoms with van der Waals surface area (Å²) in [5.74, 6) is 0.610. The fourth-order valence-electron chi connectivity index (χ4n) is 6.18. The van der Waals surface area contributed by atoms with Gasteiger partial charge in [-0.2, -0.15) is 18.4 Å². The number of nitrogens with one attached hydrogen (secondary N) is 2. The largest absolute Gasteiger partial charge is 0.393 e. The van der Waals surface area contributed by atoms with E-state index in [0.717, 1.165) is 94.0 Å². The first-order valence-electron chi connectivity index (χ1n) is 14.5. The Balaban J connectivity index is 1.09. The summed E-state index contributed by atoms with van der Waals surface area (Å²) >= 11 is 1.07. The van der Waals surface area contributed by atoms with Gasteiger partial charge < -0.3 is 15.2 Å². The Morgan fingerprint density at radius 3 is 2.57 bits per heavy atom. The number of anilines is 1. The van der Waals surface area contributed by atoms with Crippen molar-refractivity contribution in [2.75, 3.05) is 51.1 Å². The van der Waals surface area contributed by atoms with Crippen LogP contribution in [0.2, 0.25) is 0 Å². The lowest BCUT2D eigenvalue weighted by molar-refractivity contribution is -0.126. The number of aryl methyl sites for hydroxylation is 1. The molecule has 1 aromatic carbocycles. The molecule has 2 aliphatic rings. The average Bonchev–Trinajstić information content (AvgIpc) is 3.55. The number of likely N-dealkylation sites (tertiary alicyclic amines) is 1. The molecule has 0 bridgehead atoms. The summed E-state index contributed by atoms with van der Waals surface area (Å²) < 4.78 is 40.9. The number of nitriles is 1. The lowest BCUT2D eigenvalue weighted by atomic mass is 10.0. The van der Waals surface area contributed by atoms with Gasteiger partial charge >= 0.3 is 6.18 Å². The highest BCUT2D eigenvalue weighted by atomic mass is 32.1. The van der Waals surface area contributed by atoms with Crippen molar-refractivity contribution in [3.05, 3.63) is 52.3 Å². The van der Waals surface area contributed by atoms with Crippen molar-refractivity contribution < 1.29 is 13.2 Å². The molecule has 0 aliphatic carbocycles. The molecule has 12 heteroatoms. The number of thiophene rings is 1. The van der Waals surface area contributed by atoms with E-state index in [0.29, 0.717) is 21.7 Å². The van der Waals surface area contributed by atoms with Crippen LogP contribution >= 0.6 is 11.3 Å². The summed E-state index contributed by atoms with van der Waals surface area (Å²) in [6.07, 6.45) is -1.95. The summed E-state index contributed by atoms with van der Waals surface area (Å²) in [6, 6.07) is 10.6. The van der Waals surface area contributed by atoms with Gasteiger partial charge in [0.15, 0.2) is 0 Å². The van der Waals surface area contributed by atoms with E-state index in [2.05, 4.69) is 60.1 Å². The smallest absolute Gasteiger partial charge is 0.367 e. The maximum Gasteiger partial charge on any atom is 0.393 e. The minimum atomic E-state index is -4.25. The van der Waals surface area contributed by atoms with Crippen molar-refractivity contribution in [3.63, 3.8) is 0 Å². The molecule has 0 amide bonds. The van der Waals surface area contributed by atoms with Gasteiger partial charge in [-0.1, -0.05) is 6.07 Å². The van der Waals surface area contributed by atoms with Crippen LogP contribution in [-0.2, 0) is 19.5 Å². The number of rotatable bonds is 8. The predicted molar refractivity (Wildman–Crippen MR) is 160 cm³/mol. The monoisotopic (exact) mass is 596 g/mol. The standard InChI is InChI=1S/C30H35F3N8S/c1-20-21(2-3-27-25(20)14-23(17-34)41(27)13-12-39-10-6-35-7-11-39)18-40-8-4-22(5-9-40)38-28-26-15-24(16-30(31,32)33)42-29(26)37-19-36-28/h2-3,14-15,19,22,35H,4-13,16,18H2,1H3,(H,36,37,38). The van der Waals surface area contributed by atoms with Gasteiger partial charge in [0.2, 0.25) is 0 Å². The van der Waals surface area contributed by atoms with Gasteiger partial charge in [-0.3, -0.25) is 9.80 Å². The fourth-order valence-corrected chi connectivity index (χ4v) is 7.20. The number of benzene rings is 1. The van der Waals surface area contributed by atoms with E-state index < -0.39 is 12.6 Å². The molecule has 3 aromatic heterocycles. The van der Waals surface area contributed by atoms with Gasteiger partial charge in [-0.15, -0.1) is 11.3 Å². The first kappa shape index (κ1) is 28.9. The molecule has 0 unspecified atom stereocenters. The number of hydrogen-bond donors (Lipinski definition) is 2. The zero-order valence-corrected chi connectivity index (χ0v) is 24.5. The van der Waals surface area contributed by atoms with Crippen LogP contribution in [0.3, 0.4) is 0 Å². The number of fused-ring (bicyclic) bond motifs is 2. The molecular weight excluding hydrogens is 561 g/mol. The van der Waals surface area contributed by atoms with E-state index in [1.807, 2.05) is 6.07 Å². The molecule has 2 N–H and O–H groups in total. The van der Waals surface area contributed by atoms with Crippen LogP contribution in [0, 0.1) is 18.3 Å². The van der Waals surface area contributed by atoms with E-state index >= 15 is 0 Å². The van der Waals surface area contributed by atoms with E-state index in [1.165, 1.54) is 17.5 Å². The normalized spacial score (nSPS) is 17.7. The highest BCUT2D eigenvalue weighted by Crippen LogP contribution is 2.33. The van der Waals surface area contributed by atoms with Crippen LogP contribution in [-0.4, -0.2) is 82.4 Å². The number of nitrogens with zero attached hydrogens (tertiary/aromatic N) is 6.